The summed E-state index contributed by atoms with van der Waals surface area (Å²) in [6.07, 6.45) is 2.88. The molecule has 146 valence electrons. The average molecular weight is 385 g/mol. The SMILES string of the molecule is COc1ccc(C2(CNC(=O)C3(N)CCOCC3)CCOCC2)cc1.Cl. The van der Waals surface area contributed by atoms with Gasteiger partial charge in [-0.2, -0.15) is 0 Å². The van der Waals surface area contributed by atoms with Gasteiger partial charge in [0.15, 0.2) is 0 Å². The molecule has 6 nitrogen and oxygen atoms in total. The van der Waals surface area contributed by atoms with Gasteiger partial charge in [-0.3, -0.25) is 4.79 Å². The van der Waals surface area contributed by atoms with E-state index in [9.17, 15) is 4.79 Å². The molecule has 1 amide bonds. The number of carbonyl (C=O) groups excluding carboxylic acids is 1. The number of hydrogen-bond donors (Lipinski definition) is 2. The highest BCUT2D eigenvalue weighted by atomic mass is 35.5. The normalized spacial score (nSPS) is 21.3. The lowest BCUT2D eigenvalue weighted by atomic mass is 9.74. The zero-order valence-corrected chi connectivity index (χ0v) is 16.1. The van der Waals surface area contributed by atoms with Crippen LogP contribution >= 0.6 is 12.4 Å². The Hall–Kier alpha value is -1.34. The number of nitrogens with one attached hydrogen (secondary N) is 1. The summed E-state index contributed by atoms with van der Waals surface area (Å²) < 4.78 is 16.1. The van der Waals surface area contributed by atoms with Crippen LogP contribution in [-0.2, 0) is 19.7 Å². The Morgan fingerprint density at radius 2 is 1.62 bits per heavy atom. The molecule has 26 heavy (non-hydrogen) atoms. The van der Waals surface area contributed by atoms with Crippen LogP contribution in [0.2, 0.25) is 0 Å². The molecule has 2 aliphatic heterocycles. The predicted octanol–water partition coefficient (Wildman–Crippen LogP) is 1.79. The first-order valence-electron chi connectivity index (χ1n) is 8.95. The fraction of sp³-hybridized carbons (Fsp3) is 0.632. The molecule has 2 fully saturated rings. The van der Waals surface area contributed by atoms with Crippen molar-refractivity contribution in [2.45, 2.75) is 36.6 Å². The molecule has 0 aromatic heterocycles. The van der Waals surface area contributed by atoms with Crippen molar-refractivity contribution < 1.29 is 19.0 Å². The molecule has 0 saturated carbocycles. The molecule has 3 rings (SSSR count). The summed E-state index contributed by atoms with van der Waals surface area (Å²) in [7, 11) is 1.66. The van der Waals surface area contributed by atoms with E-state index in [1.165, 1.54) is 5.56 Å². The summed E-state index contributed by atoms with van der Waals surface area (Å²) in [6.45, 7) is 3.05. The van der Waals surface area contributed by atoms with E-state index in [-0.39, 0.29) is 23.7 Å². The van der Waals surface area contributed by atoms with Gasteiger partial charge in [0.2, 0.25) is 5.91 Å². The van der Waals surface area contributed by atoms with Crippen molar-refractivity contribution in [3.63, 3.8) is 0 Å². The highest BCUT2D eigenvalue weighted by molar-refractivity contribution is 5.86. The van der Waals surface area contributed by atoms with Gasteiger partial charge in [-0.15, -0.1) is 12.4 Å². The maximum atomic E-state index is 12.7. The first-order valence-corrected chi connectivity index (χ1v) is 8.95. The van der Waals surface area contributed by atoms with E-state index in [0.29, 0.717) is 45.8 Å². The number of hydrogen-bond acceptors (Lipinski definition) is 5. The summed E-state index contributed by atoms with van der Waals surface area (Å²) in [4.78, 5) is 12.7. The van der Waals surface area contributed by atoms with Gasteiger partial charge in [0.05, 0.1) is 12.6 Å². The van der Waals surface area contributed by atoms with Crippen molar-refractivity contribution in [2.24, 2.45) is 5.73 Å². The molecule has 0 radical (unpaired) electrons. The summed E-state index contributed by atoms with van der Waals surface area (Å²) in [5.74, 6) is 0.758. The Morgan fingerprint density at radius 3 is 2.15 bits per heavy atom. The maximum absolute atomic E-state index is 12.7. The van der Waals surface area contributed by atoms with Crippen molar-refractivity contribution in [3.05, 3.63) is 29.8 Å². The topological polar surface area (TPSA) is 82.8 Å². The second kappa shape index (κ2) is 9.04. The molecule has 2 saturated heterocycles. The second-order valence-corrected chi connectivity index (χ2v) is 7.07. The van der Waals surface area contributed by atoms with Crippen LogP contribution < -0.4 is 15.8 Å². The first-order chi connectivity index (χ1) is 12.1. The molecule has 0 atom stereocenters. The lowest BCUT2D eigenvalue weighted by Crippen LogP contribution is -2.59. The van der Waals surface area contributed by atoms with E-state index in [2.05, 4.69) is 17.4 Å². The Balaban J connectivity index is 0.00000243. The Morgan fingerprint density at radius 1 is 1.08 bits per heavy atom. The minimum atomic E-state index is -0.815. The van der Waals surface area contributed by atoms with E-state index in [1.54, 1.807) is 7.11 Å². The third kappa shape index (κ3) is 4.49. The van der Waals surface area contributed by atoms with Crippen LogP contribution in [0.1, 0.15) is 31.2 Å². The number of carbonyl (C=O) groups is 1. The minimum absolute atomic E-state index is 0. The Bertz CT molecular complexity index is 582. The largest absolute Gasteiger partial charge is 0.497 e. The van der Waals surface area contributed by atoms with E-state index in [0.717, 1.165) is 18.6 Å². The Kier molecular flexibility index (Phi) is 7.29. The number of amides is 1. The summed E-state index contributed by atoms with van der Waals surface area (Å²) in [5.41, 5.74) is 6.57. The van der Waals surface area contributed by atoms with Gasteiger partial charge in [-0.25, -0.2) is 0 Å². The van der Waals surface area contributed by atoms with Crippen LogP contribution in [0.25, 0.3) is 0 Å². The third-order valence-corrected chi connectivity index (χ3v) is 5.58. The molecule has 1 aromatic carbocycles. The van der Waals surface area contributed by atoms with Gasteiger partial charge < -0.3 is 25.3 Å². The van der Waals surface area contributed by atoms with Crippen LogP contribution in [0.15, 0.2) is 24.3 Å². The van der Waals surface area contributed by atoms with Gasteiger partial charge in [-0.05, 0) is 43.4 Å². The number of ether oxygens (including phenoxy) is 3. The molecule has 0 unspecified atom stereocenters. The second-order valence-electron chi connectivity index (χ2n) is 7.07. The van der Waals surface area contributed by atoms with Crippen molar-refractivity contribution in [3.8, 4) is 5.75 Å². The average Bonchev–Trinajstić information content (AvgIpc) is 2.67. The molecule has 0 bridgehead atoms. The van der Waals surface area contributed by atoms with Crippen LogP contribution in [0.3, 0.4) is 0 Å². The fourth-order valence-electron chi connectivity index (χ4n) is 3.66. The number of methoxy groups -OCH3 is 1. The third-order valence-electron chi connectivity index (χ3n) is 5.58. The lowest BCUT2D eigenvalue weighted by Gasteiger charge is -2.39. The molecule has 3 N–H and O–H groups in total. The maximum Gasteiger partial charge on any atom is 0.240 e. The summed E-state index contributed by atoms with van der Waals surface area (Å²) in [6, 6.07) is 8.11. The van der Waals surface area contributed by atoms with Crippen molar-refractivity contribution in [2.75, 3.05) is 40.1 Å². The molecule has 2 aliphatic rings. The van der Waals surface area contributed by atoms with Gasteiger partial charge in [0.1, 0.15) is 5.75 Å². The monoisotopic (exact) mass is 384 g/mol. The number of halogens is 1. The number of nitrogens with two attached hydrogens (primary N) is 1. The van der Waals surface area contributed by atoms with Gasteiger partial charge >= 0.3 is 0 Å². The van der Waals surface area contributed by atoms with Crippen LogP contribution in [0.4, 0.5) is 0 Å². The standard InChI is InChI=1S/C19H28N2O4.ClH/c1-23-16-4-2-15(3-5-16)18(6-10-24-11-7-18)14-21-17(22)19(20)8-12-25-13-9-19;/h2-5H,6-14,20H2,1H3,(H,21,22);1H. The minimum Gasteiger partial charge on any atom is -0.497 e. The Labute approximate surface area is 161 Å². The molecule has 0 spiro atoms. The zero-order chi connectivity index (χ0) is 17.8. The first kappa shape index (κ1) is 21.0. The van der Waals surface area contributed by atoms with Crippen LogP contribution in [0, 0.1) is 0 Å². The predicted molar refractivity (Wildman–Crippen MR) is 102 cm³/mol. The zero-order valence-electron chi connectivity index (χ0n) is 15.3. The molecular formula is C19H29ClN2O4. The molecule has 2 heterocycles. The highest BCUT2D eigenvalue weighted by Crippen LogP contribution is 2.35. The van der Waals surface area contributed by atoms with Crippen molar-refractivity contribution in [1.29, 1.82) is 0 Å². The van der Waals surface area contributed by atoms with Gasteiger partial charge in [-0.1, -0.05) is 12.1 Å². The van der Waals surface area contributed by atoms with Crippen molar-refractivity contribution in [1.82, 2.24) is 5.32 Å². The lowest BCUT2D eigenvalue weighted by molar-refractivity contribution is -0.130. The molecule has 1 aromatic rings. The quantitative estimate of drug-likeness (QED) is 0.808. The van der Waals surface area contributed by atoms with Gasteiger partial charge in [0, 0.05) is 38.4 Å². The summed E-state index contributed by atoms with van der Waals surface area (Å²) in [5, 5.41) is 3.12. The van der Waals surface area contributed by atoms with Gasteiger partial charge in [0.25, 0.3) is 0 Å². The number of benzene rings is 1. The molecule has 7 heteroatoms. The highest BCUT2D eigenvalue weighted by Gasteiger charge is 2.39. The fourth-order valence-corrected chi connectivity index (χ4v) is 3.66. The van der Waals surface area contributed by atoms with E-state index in [1.807, 2.05) is 12.1 Å². The molecule has 0 aliphatic carbocycles. The van der Waals surface area contributed by atoms with E-state index >= 15 is 0 Å². The molecular weight excluding hydrogens is 356 g/mol. The van der Waals surface area contributed by atoms with Crippen LogP contribution in [0.5, 0.6) is 5.75 Å². The smallest absolute Gasteiger partial charge is 0.240 e. The van der Waals surface area contributed by atoms with E-state index < -0.39 is 5.54 Å². The number of rotatable bonds is 5. The summed E-state index contributed by atoms with van der Waals surface area (Å²) >= 11 is 0. The van der Waals surface area contributed by atoms with Crippen molar-refractivity contribution >= 4 is 18.3 Å². The van der Waals surface area contributed by atoms with E-state index in [4.69, 9.17) is 19.9 Å². The van der Waals surface area contributed by atoms with Crippen LogP contribution in [-0.4, -0.2) is 51.5 Å².